The lowest BCUT2D eigenvalue weighted by molar-refractivity contribution is 0.0265. The van der Waals surface area contributed by atoms with Crippen LogP contribution in [0.3, 0.4) is 0 Å². The van der Waals surface area contributed by atoms with Gasteiger partial charge in [0, 0.05) is 19.2 Å². The van der Waals surface area contributed by atoms with Gasteiger partial charge in [-0.25, -0.2) is 0 Å². The van der Waals surface area contributed by atoms with Crippen molar-refractivity contribution in [3.05, 3.63) is 29.8 Å². The van der Waals surface area contributed by atoms with Crippen molar-refractivity contribution in [1.82, 2.24) is 4.90 Å². The Bertz CT molecular complexity index is 463. The SMILES string of the molecule is CC(C)COc1ccc(C(=O)N(C)CC2CC(O)C2)cc1. The quantitative estimate of drug-likeness (QED) is 0.876. The Morgan fingerprint density at radius 3 is 2.48 bits per heavy atom. The molecule has 0 aromatic heterocycles. The number of hydrogen-bond acceptors (Lipinski definition) is 3. The Morgan fingerprint density at radius 1 is 1.33 bits per heavy atom. The summed E-state index contributed by atoms with van der Waals surface area (Å²) >= 11 is 0. The monoisotopic (exact) mass is 291 g/mol. The number of rotatable bonds is 6. The number of nitrogens with zero attached hydrogens (tertiary/aromatic N) is 1. The van der Waals surface area contributed by atoms with E-state index in [1.54, 1.807) is 4.90 Å². The molecule has 0 aliphatic heterocycles. The highest BCUT2D eigenvalue weighted by atomic mass is 16.5. The molecule has 1 saturated carbocycles. The largest absolute Gasteiger partial charge is 0.493 e. The van der Waals surface area contributed by atoms with Crippen molar-refractivity contribution in [1.29, 1.82) is 0 Å². The zero-order chi connectivity index (χ0) is 15.4. The highest BCUT2D eigenvalue weighted by molar-refractivity contribution is 5.94. The molecule has 1 N–H and O–H groups in total. The van der Waals surface area contributed by atoms with E-state index < -0.39 is 0 Å². The van der Waals surface area contributed by atoms with Crippen molar-refractivity contribution >= 4 is 5.91 Å². The molecule has 1 aromatic rings. The van der Waals surface area contributed by atoms with Crippen LogP contribution in [0.1, 0.15) is 37.0 Å². The van der Waals surface area contributed by atoms with Crippen LogP contribution in [0.5, 0.6) is 5.75 Å². The summed E-state index contributed by atoms with van der Waals surface area (Å²) in [4.78, 5) is 14.0. The molecule has 1 aliphatic rings. The molecule has 0 heterocycles. The van der Waals surface area contributed by atoms with E-state index in [0.29, 0.717) is 30.6 Å². The fourth-order valence-electron chi connectivity index (χ4n) is 2.50. The molecule has 1 fully saturated rings. The zero-order valence-corrected chi connectivity index (χ0v) is 13.1. The van der Waals surface area contributed by atoms with E-state index in [1.165, 1.54) is 0 Å². The van der Waals surface area contributed by atoms with E-state index in [4.69, 9.17) is 4.74 Å². The van der Waals surface area contributed by atoms with E-state index in [-0.39, 0.29) is 12.0 Å². The van der Waals surface area contributed by atoms with Gasteiger partial charge in [0.15, 0.2) is 0 Å². The predicted octanol–water partition coefficient (Wildman–Crippen LogP) is 2.56. The lowest BCUT2D eigenvalue weighted by atomic mass is 9.82. The number of aliphatic hydroxyl groups excluding tert-OH is 1. The molecule has 4 heteroatoms. The Hall–Kier alpha value is -1.55. The first-order chi connectivity index (χ1) is 9.95. The third-order valence-electron chi connectivity index (χ3n) is 3.77. The Kier molecular flexibility index (Phi) is 5.23. The Labute approximate surface area is 126 Å². The van der Waals surface area contributed by atoms with Crippen LogP contribution < -0.4 is 4.74 Å². The third kappa shape index (κ3) is 4.46. The average molecular weight is 291 g/mol. The molecule has 2 rings (SSSR count). The van der Waals surface area contributed by atoms with E-state index in [0.717, 1.165) is 18.6 Å². The van der Waals surface area contributed by atoms with Crippen molar-refractivity contribution < 1.29 is 14.6 Å². The maximum atomic E-state index is 12.3. The summed E-state index contributed by atoms with van der Waals surface area (Å²) in [7, 11) is 1.82. The molecule has 1 amide bonds. The van der Waals surface area contributed by atoms with Crippen LogP contribution in [0.4, 0.5) is 0 Å². The Balaban J connectivity index is 1.86. The maximum absolute atomic E-state index is 12.3. The summed E-state index contributed by atoms with van der Waals surface area (Å²) in [5.41, 5.74) is 0.675. The van der Waals surface area contributed by atoms with Crippen molar-refractivity contribution in [2.24, 2.45) is 11.8 Å². The molecule has 1 aliphatic carbocycles. The number of carbonyl (C=O) groups excluding carboxylic acids is 1. The summed E-state index contributed by atoms with van der Waals surface area (Å²) in [6.45, 7) is 5.59. The second-order valence-electron chi connectivity index (χ2n) is 6.41. The van der Waals surface area contributed by atoms with Gasteiger partial charge in [-0.2, -0.15) is 0 Å². The highest BCUT2D eigenvalue weighted by Crippen LogP contribution is 2.28. The van der Waals surface area contributed by atoms with Crippen LogP contribution >= 0.6 is 0 Å². The maximum Gasteiger partial charge on any atom is 0.253 e. The molecule has 0 saturated heterocycles. The second-order valence-corrected chi connectivity index (χ2v) is 6.41. The van der Waals surface area contributed by atoms with Crippen LogP contribution in [0.2, 0.25) is 0 Å². The lowest BCUT2D eigenvalue weighted by Gasteiger charge is -2.34. The van der Waals surface area contributed by atoms with E-state index in [9.17, 15) is 9.90 Å². The Morgan fingerprint density at radius 2 is 1.95 bits per heavy atom. The summed E-state index contributed by atoms with van der Waals surface area (Å²) in [6, 6.07) is 7.31. The van der Waals surface area contributed by atoms with Crippen LogP contribution in [-0.2, 0) is 0 Å². The smallest absolute Gasteiger partial charge is 0.253 e. The van der Waals surface area contributed by atoms with Gasteiger partial charge in [-0.3, -0.25) is 4.79 Å². The van der Waals surface area contributed by atoms with Gasteiger partial charge in [0.05, 0.1) is 12.7 Å². The molecule has 0 spiro atoms. The van der Waals surface area contributed by atoms with E-state index >= 15 is 0 Å². The molecule has 0 radical (unpaired) electrons. The lowest BCUT2D eigenvalue weighted by Crippen LogP contribution is -2.39. The van der Waals surface area contributed by atoms with Gasteiger partial charge in [-0.15, -0.1) is 0 Å². The summed E-state index contributed by atoms with van der Waals surface area (Å²) < 4.78 is 5.61. The van der Waals surface area contributed by atoms with Crippen LogP contribution in [0.15, 0.2) is 24.3 Å². The minimum absolute atomic E-state index is 0.0202. The molecular formula is C17H25NO3. The van der Waals surface area contributed by atoms with Gasteiger partial charge in [-0.1, -0.05) is 13.8 Å². The molecule has 0 atom stereocenters. The summed E-state index contributed by atoms with van der Waals surface area (Å²) in [5, 5.41) is 9.29. The number of carbonyl (C=O) groups is 1. The number of ether oxygens (including phenoxy) is 1. The standard InChI is InChI=1S/C17H25NO3/c1-12(2)11-21-16-6-4-14(5-7-16)17(20)18(3)10-13-8-15(19)9-13/h4-7,12-13,15,19H,8-11H2,1-3H3. The fraction of sp³-hybridized carbons (Fsp3) is 0.588. The minimum Gasteiger partial charge on any atom is -0.493 e. The molecule has 0 unspecified atom stereocenters. The predicted molar refractivity (Wildman–Crippen MR) is 82.5 cm³/mol. The molecular weight excluding hydrogens is 266 g/mol. The number of benzene rings is 1. The van der Waals surface area contributed by atoms with Crippen molar-refractivity contribution in [2.75, 3.05) is 20.2 Å². The van der Waals surface area contributed by atoms with Crippen molar-refractivity contribution in [3.63, 3.8) is 0 Å². The van der Waals surface area contributed by atoms with Crippen molar-refractivity contribution in [2.45, 2.75) is 32.8 Å². The molecule has 4 nitrogen and oxygen atoms in total. The number of hydrogen-bond donors (Lipinski definition) is 1. The van der Waals surface area contributed by atoms with Gasteiger partial charge in [0.2, 0.25) is 0 Å². The van der Waals surface area contributed by atoms with Gasteiger partial charge in [0.1, 0.15) is 5.75 Å². The zero-order valence-electron chi connectivity index (χ0n) is 13.1. The molecule has 0 bridgehead atoms. The van der Waals surface area contributed by atoms with Crippen LogP contribution in [0, 0.1) is 11.8 Å². The number of aliphatic hydroxyl groups is 1. The first kappa shape index (κ1) is 15.8. The van der Waals surface area contributed by atoms with Gasteiger partial charge in [-0.05, 0) is 48.9 Å². The first-order valence-electron chi connectivity index (χ1n) is 7.62. The third-order valence-corrected chi connectivity index (χ3v) is 3.77. The van der Waals surface area contributed by atoms with Gasteiger partial charge < -0.3 is 14.7 Å². The normalized spacial score (nSPS) is 21.0. The van der Waals surface area contributed by atoms with E-state index in [2.05, 4.69) is 13.8 Å². The van der Waals surface area contributed by atoms with Gasteiger partial charge >= 0.3 is 0 Å². The molecule has 21 heavy (non-hydrogen) atoms. The van der Waals surface area contributed by atoms with Crippen molar-refractivity contribution in [3.8, 4) is 5.75 Å². The van der Waals surface area contributed by atoms with Crippen LogP contribution in [-0.4, -0.2) is 42.2 Å². The van der Waals surface area contributed by atoms with Crippen LogP contribution in [0.25, 0.3) is 0 Å². The first-order valence-corrected chi connectivity index (χ1v) is 7.62. The highest BCUT2D eigenvalue weighted by Gasteiger charge is 2.29. The topological polar surface area (TPSA) is 49.8 Å². The molecule has 1 aromatic carbocycles. The number of amides is 1. The minimum atomic E-state index is -0.170. The summed E-state index contributed by atoms with van der Waals surface area (Å²) in [6.07, 6.45) is 1.44. The molecule has 116 valence electrons. The average Bonchev–Trinajstić information content (AvgIpc) is 2.43. The fourth-order valence-corrected chi connectivity index (χ4v) is 2.50. The van der Waals surface area contributed by atoms with E-state index in [1.807, 2.05) is 31.3 Å². The van der Waals surface area contributed by atoms with Gasteiger partial charge in [0.25, 0.3) is 5.91 Å². The second kappa shape index (κ2) is 6.94. The summed E-state index contributed by atoms with van der Waals surface area (Å²) in [5.74, 6) is 1.73.